The summed E-state index contributed by atoms with van der Waals surface area (Å²) in [6, 6.07) is 0.652. The fraction of sp³-hybridized carbons (Fsp3) is 0.846. The van der Waals surface area contributed by atoms with Crippen molar-refractivity contribution in [3.05, 3.63) is 24.3 Å². The zero-order valence-electron chi connectivity index (χ0n) is 32.6. The highest BCUT2D eigenvalue weighted by molar-refractivity contribution is 6.74. The van der Waals surface area contributed by atoms with Crippen molar-refractivity contribution >= 4 is 20.4 Å². The molecule has 9 nitrogen and oxygen atoms in total. The predicted molar refractivity (Wildman–Crippen MR) is 199 cm³/mol. The van der Waals surface area contributed by atoms with Crippen LogP contribution in [0.3, 0.4) is 0 Å². The van der Waals surface area contributed by atoms with Crippen molar-refractivity contribution in [1.29, 1.82) is 0 Å². The van der Waals surface area contributed by atoms with Gasteiger partial charge in [0.2, 0.25) is 0 Å². The first-order valence-electron chi connectivity index (χ1n) is 19.1. The van der Waals surface area contributed by atoms with Crippen molar-refractivity contribution < 1.29 is 33.0 Å². The molecule has 3 aliphatic rings. The number of allylic oxidation sites excluding steroid dienone is 1. The normalized spacial score (nSPS) is 29.2. The molecule has 0 aromatic carbocycles. The molecule has 1 saturated heterocycles. The maximum absolute atomic E-state index is 13.6. The van der Waals surface area contributed by atoms with E-state index in [4.69, 9.17) is 23.4 Å². The number of carbonyl (C=O) groups excluding carboxylic acids is 2. The van der Waals surface area contributed by atoms with Crippen LogP contribution in [0.4, 0.5) is 4.79 Å². The highest BCUT2D eigenvalue weighted by atomic mass is 28.4. The van der Waals surface area contributed by atoms with Crippen molar-refractivity contribution in [3.8, 4) is 0 Å². The minimum absolute atomic E-state index is 0.00735. The number of methoxy groups -OCH3 is 2. The molecule has 49 heavy (non-hydrogen) atoms. The van der Waals surface area contributed by atoms with Gasteiger partial charge in [-0.15, -0.1) is 0 Å². The fourth-order valence-electron chi connectivity index (χ4n) is 7.15. The number of carbonyl (C=O) groups is 2. The third-order valence-corrected chi connectivity index (χ3v) is 16.1. The molecule has 0 bridgehead atoms. The lowest BCUT2D eigenvalue weighted by Crippen LogP contribution is -2.52. The average molecular weight is 707 g/mol. The summed E-state index contributed by atoms with van der Waals surface area (Å²) in [4.78, 5) is 31.7. The maximum Gasteiger partial charge on any atom is 0.410 e. The number of amides is 1. The highest BCUT2D eigenvalue weighted by Crippen LogP contribution is 2.39. The Hall–Kier alpha value is -1.72. The molecule has 0 N–H and O–H groups in total. The molecule has 282 valence electrons. The van der Waals surface area contributed by atoms with Crippen LogP contribution in [-0.2, 0) is 28.2 Å². The minimum atomic E-state index is -2.16. The van der Waals surface area contributed by atoms with Gasteiger partial charge in [-0.05, 0) is 74.2 Å². The number of hydrogen-bond acceptors (Lipinski definition) is 8. The number of hydrogen-bond donors (Lipinski definition) is 0. The Morgan fingerprint density at radius 1 is 0.980 bits per heavy atom. The van der Waals surface area contributed by atoms with Crippen LogP contribution in [0.1, 0.15) is 106 Å². The van der Waals surface area contributed by atoms with Gasteiger partial charge in [0, 0.05) is 52.4 Å². The van der Waals surface area contributed by atoms with E-state index in [0.29, 0.717) is 32.0 Å². The van der Waals surface area contributed by atoms with Gasteiger partial charge in [0.25, 0.3) is 0 Å². The van der Waals surface area contributed by atoms with Crippen LogP contribution in [0.2, 0.25) is 18.1 Å². The molecule has 3 rings (SSSR count). The monoisotopic (exact) mass is 706 g/mol. The molecule has 2 heterocycles. The van der Waals surface area contributed by atoms with E-state index in [9.17, 15) is 9.59 Å². The van der Waals surface area contributed by atoms with E-state index in [0.717, 1.165) is 19.5 Å². The van der Waals surface area contributed by atoms with Crippen molar-refractivity contribution in [2.75, 3.05) is 40.4 Å². The molecule has 6 atom stereocenters. The van der Waals surface area contributed by atoms with Gasteiger partial charge in [0.15, 0.2) is 14.6 Å². The van der Waals surface area contributed by atoms with Crippen LogP contribution in [0.15, 0.2) is 24.3 Å². The zero-order chi connectivity index (χ0) is 36.2. The van der Waals surface area contributed by atoms with Gasteiger partial charge < -0.3 is 28.3 Å². The van der Waals surface area contributed by atoms with Gasteiger partial charge in [-0.25, -0.2) is 4.79 Å². The van der Waals surface area contributed by atoms with Crippen molar-refractivity contribution in [1.82, 2.24) is 9.80 Å². The van der Waals surface area contributed by atoms with Gasteiger partial charge in [0.1, 0.15) is 12.2 Å². The Balaban J connectivity index is 1.79. The van der Waals surface area contributed by atoms with Crippen LogP contribution in [0, 0.1) is 17.8 Å². The first-order valence-corrected chi connectivity index (χ1v) is 22.0. The Morgan fingerprint density at radius 3 is 2.20 bits per heavy atom. The zero-order valence-corrected chi connectivity index (χ0v) is 33.6. The summed E-state index contributed by atoms with van der Waals surface area (Å²) in [5, 5.41) is 0.00735. The Kier molecular flexibility index (Phi) is 16.8. The Labute approximate surface area is 299 Å². The molecule has 0 aromatic rings. The second-order valence-corrected chi connectivity index (χ2v) is 21.2. The number of rotatable bonds is 10. The molecule has 2 fully saturated rings. The van der Waals surface area contributed by atoms with E-state index >= 15 is 0 Å². The topological polar surface area (TPSA) is 86.8 Å². The van der Waals surface area contributed by atoms with Crippen molar-refractivity contribution in [2.24, 2.45) is 17.8 Å². The van der Waals surface area contributed by atoms with E-state index in [1.54, 1.807) is 14.2 Å². The molecular weight excluding hydrogens is 637 g/mol. The van der Waals surface area contributed by atoms with E-state index in [-0.39, 0.29) is 53.5 Å². The molecule has 0 aromatic heterocycles. The molecule has 1 amide bonds. The van der Waals surface area contributed by atoms with Gasteiger partial charge in [0.05, 0.1) is 12.5 Å². The molecule has 2 aliphatic heterocycles. The SMILES string of the molecule is COC(/C=C/C[C@@H](C)C1OC(=O)CC(O[Si](C)(C)C(C)(C)C)CCC(C)[C@@H](OC(=O)N2CCN(C3CCCCCC3)CC2)/C=C/C1C)OC. The Morgan fingerprint density at radius 2 is 1.61 bits per heavy atom. The first-order chi connectivity index (χ1) is 23.1. The van der Waals surface area contributed by atoms with Gasteiger partial charge in [-0.2, -0.15) is 0 Å². The van der Waals surface area contributed by atoms with Crippen molar-refractivity contribution in [2.45, 2.75) is 155 Å². The lowest BCUT2D eigenvalue weighted by atomic mass is 9.88. The smallest absolute Gasteiger partial charge is 0.410 e. The van der Waals surface area contributed by atoms with Gasteiger partial charge in [-0.3, -0.25) is 9.69 Å². The number of cyclic esters (lactones) is 1. The number of piperazine rings is 1. The molecular formula is C39H70N2O7Si. The average Bonchev–Trinajstić information content (AvgIpc) is 3.35. The first kappa shape index (κ1) is 41.7. The summed E-state index contributed by atoms with van der Waals surface area (Å²) in [6.45, 7) is 20.7. The third kappa shape index (κ3) is 13.1. The van der Waals surface area contributed by atoms with Crippen LogP contribution in [0.25, 0.3) is 0 Å². The standard InChI is InChI=1S/C39H70N2O7Si/c1-29-20-22-33(48-49(9,10)39(4,5)6)28-35(42)47-37(30(2)16-15-19-36(44-7)45-8)31(3)21-23-34(29)46-38(43)41-26-24-40(25-27-41)32-17-13-11-12-14-18-32/h15,19,21,23,29-34,36-37H,11-14,16-18,20,22,24-28H2,1-10H3/b19-15+,23-21+/t29?,30-,31?,33?,34+,37?/m1/s1. The fourth-order valence-corrected chi connectivity index (χ4v) is 8.54. The van der Waals surface area contributed by atoms with Crippen LogP contribution < -0.4 is 0 Å². The molecule has 4 unspecified atom stereocenters. The Bertz CT molecular complexity index is 1060. The summed E-state index contributed by atoms with van der Waals surface area (Å²) < 4.78 is 30.0. The van der Waals surface area contributed by atoms with E-state index in [1.807, 2.05) is 23.1 Å². The third-order valence-electron chi connectivity index (χ3n) is 11.5. The van der Waals surface area contributed by atoms with E-state index in [1.165, 1.54) is 38.5 Å². The maximum atomic E-state index is 13.6. The second-order valence-electron chi connectivity index (χ2n) is 16.5. The van der Waals surface area contributed by atoms with Gasteiger partial charge >= 0.3 is 12.1 Å². The van der Waals surface area contributed by atoms with Crippen LogP contribution in [0.5, 0.6) is 0 Å². The predicted octanol–water partition coefficient (Wildman–Crippen LogP) is 8.35. The number of esters is 1. The van der Waals surface area contributed by atoms with Crippen LogP contribution in [-0.4, -0.2) is 101 Å². The molecule has 0 spiro atoms. The molecule has 0 radical (unpaired) electrons. The molecule has 1 aliphatic carbocycles. The van der Waals surface area contributed by atoms with E-state index in [2.05, 4.69) is 65.6 Å². The lowest BCUT2D eigenvalue weighted by molar-refractivity contribution is -0.155. The second kappa shape index (κ2) is 19.8. The summed E-state index contributed by atoms with van der Waals surface area (Å²) in [7, 11) is 1.05. The minimum Gasteiger partial charge on any atom is -0.461 e. The van der Waals surface area contributed by atoms with Gasteiger partial charge in [-0.1, -0.05) is 79.4 Å². The van der Waals surface area contributed by atoms with Crippen molar-refractivity contribution in [3.63, 3.8) is 0 Å². The summed E-state index contributed by atoms with van der Waals surface area (Å²) >= 11 is 0. The number of nitrogens with zero attached hydrogens (tertiary/aromatic N) is 2. The quantitative estimate of drug-likeness (QED) is 0.0737. The van der Waals surface area contributed by atoms with Crippen LogP contribution >= 0.6 is 0 Å². The largest absolute Gasteiger partial charge is 0.461 e. The lowest BCUT2D eigenvalue weighted by Gasteiger charge is -2.40. The summed E-state index contributed by atoms with van der Waals surface area (Å²) in [6.07, 6.45) is 16.6. The summed E-state index contributed by atoms with van der Waals surface area (Å²) in [5.41, 5.74) is 0. The summed E-state index contributed by atoms with van der Waals surface area (Å²) in [5.74, 6) is -0.237. The molecule has 1 saturated carbocycles. The number of ether oxygens (including phenoxy) is 4. The molecule has 10 heteroatoms. The highest BCUT2D eigenvalue weighted by Gasteiger charge is 2.40. The van der Waals surface area contributed by atoms with E-state index < -0.39 is 20.7 Å².